The summed E-state index contributed by atoms with van der Waals surface area (Å²) in [6, 6.07) is 0. The molecule has 50 valence electrons. The average molecular weight is 122 g/mol. The summed E-state index contributed by atoms with van der Waals surface area (Å²) in [6.07, 6.45) is 3.81. The largest absolute Gasteiger partial charge is 0.0926 e. The molecule has 0 amide bonds. The summed E-state index contributed by atoms with van der Waals surface area (Å²) in [5, 5.41) is 0. The average Bonchev–Trinajstić information content (AvgIpc) is 1.63. The highest BCUT2D eigenvalue weighted by Crippen LogP contribution is 2.09. The van der Waals surface area contributed by atoms with Crippen LogP contribution in [0.1, 0.15) is 27.7 Å². The first kappa shape index (κ1) is 8.30. The van der Waals surface area contributed by atoms with Gasteiger partial charge in [0.15, 0.2) is 0 Å². The van der Waals surface area contributed by atoms with Crippen molar-refractivity contribution >= 4 is 0 Å². The fourth-order valence-electron chi connectivity index (χ4n) is 0.342. The molecule has 0 rings (SSSR count). The number of hydrogen-bond donors (Lipinski definition) is 0. The van der Waals surface area contributed by atoms with E-state index in [4.69, 9.17) is 0 Å². The SMILES string of the molecule is CC=CC#CC(C)(C)C. The molecule has 0 radical (unpaired) electrons. The van der Waals surface area contributed by atoms with Crippen LogP contribution >= 0.6 is 0 Å². The van der Waals surface area contributed by atoms with Crippen molar-refractivity contribution in [3.05, 3.63) is 12.2 Å². The lowest BCUT2D eigenvalue weighted by atomic mass is 9.98. The van der Waals surface area contributed by atoms with Gasteiger partial charge in [0.1, 0.15) is 0 Å². The Hall–Kier alpha value is -0.700. The normalized spacial score (nSPS) is 11.1. The number of allylic oxidation sites excluding steroid dienone is 2. The highest BCUT2D eigenvalue weighted by Gasteiger charge is 2.01. The summed E-state index contributed by atoms with van der Waals surface area (Å²) in [6.45, 7) is 8.27. The highest BCUT2D eigenvalue weighted by molar-refractivity contribution is 5.18. The molecule has 0 fully saturated rings. The molecule has 0 aliphatic heterocycles. The zero-order chi connectivity index (χ0) is 7.33. The molecule has 9 heavy (non-hydrogen) atoms. The fraction of sp³-hybridized carbons (Fsp3) is 0.556. The predicted molar refractivity (Wildman–Crippen MR) is 42.0 cm³/mol. The molecule has 0 aliphatic rings. The molecule has 0 heteroatoms. The second kappa shape index (κ2) is 3.35. The Balaban J connectivity index is 3.88. The molecule has 0 unspecified atom stereocenters. The Bertz CT molecular complexity index is 145. The molecule has 0 saturated heterocycles. The van der Waals surface area contributed by atoms with E-state index in [1.807, 2.05) is 19.1 Å². The zero-order valence-electron chi connectivity index (χ0n) is 6.65. The van der Waals surface area contributed by atoms with E-state index in [1.165, 1.54) is 0 Å². The third-order valence-electron chi connectivity index (χ3n) is 0.697. The fourth-order valence-corrected chi connectivity index (χ4v) is 0.342. The molecule has 0 spiro atoms. The first-order chi connectivity index (χ1) is 4.06. The highest BCUT2D eigenvalue weighted by atomic mass is 14.0. The van der Waals surface area contributed by atoms with Crippen LogP contribution in [0.5, 0.6) is 0 Å². The molecular weight excluding hydrogens is 108 g/mol. The van der Waals surface area contributed by atoms with Gasteiger partial charge >= 0.3 is 0 Å². The van der Waals surface area contributed by atoms with Gasteiger partial charge in [-0.3, -0.25) is 0 Å². The van der Waals surface area contributed by atoms with Crippen molar-refractivity contribution in [2.75, 3.05) is 0 Å². The van der Waals surface area contributed by atoms with E-state index in [0.717, 1.165) is 0 Å². The molecular formula is C9H14. The topological polar surface area (TPSA) is 0 Å². The molecule has 0 atom stereocenters. The van der Waals surface area contributed by atoms with Crippen molar-refractivity contribution in [3.8, 4) is 11.8 Å². The van der Waals surface area contributed by atoms with Crippen molar-refractivity contribution < 1.29 is 0 Å². The lowest BCUT2D eigenvalue weighted by Gasteiger charge is -2.05. The van der Waals surface area contributed by atoms with Gasteiger partial charge < -0.3 is 0 Å². The van der Waals surface area contributed by atoms with Crippen molar-refractivity contribution in [1.29, 1.82) is 0 Å². The zero-order valence-corrected chi connectivity index (χ0v) is 6.65. The molecule has 0 bridgehead atoms. The van der Waals surface area contributed by atoms with Gasteiger partial charge in [0, 0.05) is 5.41 Å². The van der Waals surface area contributed by atoms with Crippen molar-refractivity contribution in [2.24, 2.45) is 5.41 Å². The first-order valence-corrected chi connectivity index (χ1v) is 3.20. The van der Waals surface area contributed by atoms with E-state index >= 15 is 0 Å². The molecule has 0 aromatic carbocycles. The van der Waals surface area contributed by atoms with Crippen LogP contribution in [0.3, 0.4) is 0 Å². The van der Waals surface area contributed by atoms with Gasteiger partial charge in [-0.15, -0.1) is 0 Å². The van der Waals surface area contributed by atoms with E-state index in [2.05, 4.69) is 32.6 Å². The molecule has 0 heterocycles. The Kier molecular flexibility index (Phi) is 3.09. The van der Waals surface area contributed by atoms with Crippen LogP contribution in [0.4, 0.5) is 0 Å². The van der Waals surface area contributed by atoms with Gasteiger partial charge in [-0.1, -0.05) is 17.9 Å². The molecule has 0 aromatic rings. The smallest absolute Gasteiger partial charge is 0.0233 e. The summed E-state index contributed by atoms with van der Waals surface area (Å²) in [4.78, 5) is 0. The monoisotopic (exact) mass is 122 g/mol. The van der Waals surface area contributed by atoms with Crippen LogP contribution in [0.15, 0.2) is 12.2 Å². The first-order valence-electron chi connectivity index (χ1n) is 3.20. The van der Waals surface area contributed by atoms with E-state index in [1.54, 1.807) is 0 Å². The van der Waals surface area contributed by atoms with Crippen LogP contribution in [0.2, 0.25) is 0 Å². The third-order valence-corrected chi connectivity index (χ3v) is 0.697. The van der Waals surface area contributed by atoms with Gasteiger partial charge in [-0.2, -0.15) is 0 Å². The lowest BCUT2D eigenvalue weighted by molar-refractivity contribution is 0.571. The Morgan fingerprint density at radius 2 is 1.78 bits per heavy atom. The Morgan fingerprint density at radius 1 is 1.22 bits per heavy atom. The molecule has 0 aromatic heterocycles. The molecule has 0 N–H and O–H groups in total. The molecule has 0 aliphatic carbocycles. The summed E-state index contributed by atoms with van der Waals surface area (Å²) >= 11 is 0. The van der Waals surface area contributed by atoms with Crippen LogP contribution in [0.25, 0.3) is 0 Å². The maximum Gasteiger partial charge on any atom is 0.0233 e. The number of rotatable bonds is 0. The van der Waals surface area contributed by atoms with Crippen LogP contribution in [-0.2, 0) is 0 Å². The van der Waals surface area contributed by atoms with Crippen LogP contribution < -0.4 is 0 Å². The Labute approximate surface area is 58.0 Å². The predicted octanol–water partition coefficient (Wildman–Crippen LogP) is 2.61. The van der Waals surface area contributed by atoms with Gasteiger partial charge in [0.05, 0.1) is 0 Å². The molecule has 0 nitrogen and oxygen atoms in total. The van der Waals surface area contributed by atoms with E-state index < -0.39 is 0 Å². The van der Waals surface area contributed by atoms with Crippen molar-refractivity contribution in [1.82, 2.24) is 0 Å². The second-order valence-corrected chi connectivity index (χ2v) is 3.02. The van der Waals surface area contributed by atoms with E-state index in [0.29, 0.717) is 0 Å². The van der Waals surface area contributed by atoms with Gasteiger partial charge in [0.2, 0.25) is 0 Å². The molecule has 0 saturated carbocycles. The van der Waals surface area contributed by atoms with Gasteiger partial charge in [-0.25, -0.2) is 0 Å². The van der Waals surface area contributed by atoms with Crippen LogP contribution in [-0.4, -0.2) is 0 Å². The van der Waals surface area contributed by atoms with Crippen molar-refractivity contribution in [3.63, 3.8) is 0 Å². The van der Waals surface area contributed by atoms with Crippen LogP contribution in [0, 0.1) is 17.3 Å². The minimum Gasteiger partial charge on any atom is -0.0926 e. The number of hydrogen-bond acceptors (Lipinski definition) is 0. The Morgan fingerprint density at radius 3 is 2.11 bits per heavy atom. The quantitative estimate of drug-likeness (QED) is 0.433. The minimum atomic E-state index is 0.138. The van der Waals surface area contributed by atoms with E-state index in [9.17, 15) is 0 Å². The second-order valence-electron chi connectivity index (χ2n) is 3.02. The van der Waals surface area contributed by atoms with Gasteiger partial charge in [-0.05, 0) is 33.8 Å². The third kappa shape index (κ3) is 7.30. The maximum absolute atomic E-state index is 3.09. The minimum absolute atomic E-state index is 0.138. The maximum atomic E-state index is 3.09. The lowest BCUT2D eigenvalue weighted by Crippen LogP contribution is -1.98. The van der Waals surface area contributed by atoms with E-state index in [-0.39, 0.29) is 5.41 Å². The summed E-state index contributed by atoms with van der Waals surface area (Å²) in [7, 11) is 0. The van der Waals surface area contributed by atoms with Gasteiger partial charge in [0.25, 0.3) is 0 Å². The summed E-state index contributed by atoms with van der Waals surface area (Å²) in [5.74, 6) is 6.03. The van der Waals surface area contributed by atoms with Crippen molar-refractivity contribution in [2.45, 2.75) is 27.7 Å². The summed E-state index contributed by atoms with van der Waals surface area (Å²) in [5.41, 5.74) is 0.138. The standard InChI is InChI=1S/C9H14/c1-5-6-7-8-9(2,3)4/h5-6H,1-4H3. The summed E-state index contributed by atoms with van der Waals surface area (Å²) < 4.78 is 0.